The van der Waals surface area contributed by atoms with Gasteiger partial charge in [0.15, 0.2) is 5.82 Å². The fourth-order valence-corrected chi connectivity index (χ4v) is 1.32. The molecule has 1 saturated heterocycles. The Bertz CT molecular complexity index is 336. The maximum atomic E-state index is 13.0. The van der Waals surface area contributed by atoms with Gasteiger partial charge in [0.1, 0.15) is 5.82 Å². The van der Waals surface area contributed by atoms with Crippen LogP contribution in [-0.2, 0) is 0 Å². The highest BCUT2D eigenvalue weighted by molar-refractivity contribution is 5.24. The van der Waals surface area contributed by atoms with E-state index in [2.05, 4.69) is 10.3 Å². The van der Waals surface area contributed by atoms with Crippen LogP contribution in [0, 0.1) is 17.6 Å². The van der Waals surface area contributed by atoms with Crippen LogP contribution in [0.2, 0.25) is 0 Å². The van der Waals surface area contributed by atoms with Crippen LogP contribution >= 0.6 is 0 Å². The molecule has 2 nitrogen and oxygen atoms in total. The first-order valence-corrected chi connectivity index (χ1v) is 3.90. The van der Waals surface area contributed by atoms with Gasteiger partial charge in [-0.05, 0) is 0 Å². The molecule has 0 atom stereocenters. The fraction of sp³-hybridized carbons (Fsp3) is 0.375. The number of pyridine rings is 1. The largest absolute Gasteiger partial charge is 0.315 e. The molecule has 0 saturated carbocycles. The van der Waals surface area contributed by atoms with E-state index in [0.29, 0.717) is 19.3 Å². The Hall–Kier alpha value is -1.10. The normalized spacial score (nSPS) is 17.2. The average Bonchev–Trinajstić information content (AvgIpc) is 2.02. The van der Waals surface area contributed by atoms with Crippen molar-refractivity contribution in [3.63, 3.8) is 0 Å². The van der Waals surface area contributed by atoms with Crippen LogP contribution in [-0.4, -0.2) is 18.1 Å². The second kappa shape index (κ2) is 2.99. The first-order chi connectivity index (χ1) is 6.20. The van der Waals surface area contributed by atoms with Crippen LogP contribution in [0.1, 0.15) is 11.5 Å². The predicted molar refractivity (Wildman–Crippen MR) is 39.7 cm³/mol. The molecule has 1 aliphatic heterocycles. The number of rotatable bonds is 1. The third-order valence-corrected chi connectivity index (χ3v) is 2.16. The lowest BCUT2D eigenvalue weighted by Crippen LogP contribution is -2.41. The summed E-state index contributed by atoms with van der Waals surface area (Å²) in [7, 11) is 0. The van der Waals surface area contributed by atoms with Gasteiger partial charge >= 0.3 is 0 Å². The molecule has 1 aliphatic rings. The van der Waals surface area contributed by atoms with Crippen molar-refractivity contribution in [1.82, 2.24) is 10.3 Å². The summed E-state index contributed by atoms with van der Waals surface area (Å²) >= 11 is 0. The van der Waals surface area contributed by atoms with Crippen LogP contribution in [0.25, 0.3) is 0 Å². The molecule has 0 unspecified atom stereocenters. The van der Waals surface area contributed by atoms with E-state index in [4.69, 9.17) is 0 Å². The standard InChI is InChI=1S/C8H7F3N2/c9-5-3-13-8(11)7(10)6(5)4-1-12-2-4/h3-4,12H,1-2H2. The minimum atomic E-state index is -1.23. The summed E-state index contributed by atoms with van der Waals surface area (Å²) in [6, 6.07) is 0. The lowest BCUT2D eigenvalue weighted by atomic mass is 9.94. The van der Waals surface area contributed by atoms with E-state index in [1.54, 1.807) is 0 Å². The molecule has 1 N–H and O–H groups in total. The van der Waals surface area contributed by atoms with E-state index < -0.39 is 17.6 Å². The summed E-state index contributed by atoms with van der Waals surface area (Å²) in [6.45, 7) is 0.967. The highest BCUT2D eigenvalue weighted by Crippen LogP contribution is 2.25. The molecule has 5 heteroatoms. The van der Waals surface area contributed by atoms with E-state index in [1.165, 1.54) is 0 Å². The maximum Gasteiger partial charge on any atom is 0.249 e. The van der Waals surface area contributed by atoms with Crippen LogP contribution in [0.5, 0.6) is 0 Å². The molecule has 0 aliphatic carbocycles. The first kappa shape index (κ1) is 8.50. The molecule has 0 bridgehead atoms. The number of nitrogens with one attached hydrogen (secondary N) is 1. The Morgan fingerprint density at radius 1 is 1.31 bits per heavy atom. The Morgan fingerprint density at radius 2 is 2.00 bits per heavy atom. The van der Waals surface area contributed by atoms with Crippen LogP contribution in [0.4, 0.5) is 13.2 Å². The van der Waals surface area contributed by atoms with Gasteiger partial charge in [0, 0.05) is 24.6 Å². The predicted octanol–water partition coefficient (Wildman–Crippen LogP) is 1.19. The van der Waals surface area contributed by atoms with Gasteiger partial charge in [-0.1, -0.05) is 0 Å². The van der Waals surface area contributed by atoms with Crippen LogP contribution in [0.15, 0.2) is 6.20 Å². The average molecular weight is 188 g/mol. The van der Waals surface area contributed by atoms with Crippen molar-refractivity contribution < 1.29 is 13.2 Å². The quantitative estimate of drug-likeness (QED) is 0.669. The molecular formula is C8H7F3N2. The zero-order valence-electron chi connectivity index (χ0n) is 6.65. The van der Waals surface area contributed by atoms with Crippen molar-refractivity contribution in [2.45, 2.75) is 5.92 Å². The molecule has 0 spiro atoms. The van der Waals surface area contributed by atoms with Crippen molar-refractivity contribution in [2.24, 2.45) is 0 Å². The molecule has 1 fully saturated rings. The van der Waals surface area contributed by atoms with Crippen LogP contribution in [0.3, 0.4) is 0 Å². The first-order valence-electron chi connectivity index (χ1n) is 3.90. The molecule has 1 aromatic rings. The second-order valence-electron chi connectivity index (χ2n) is 2.98. The van der Waals surface area contributed by atoms with Gasteiger partial charge in [0.2, 0.25) is 5.95 Å². The molecule has 1 aromatic heterocycles. The van der Waals surface area contributed by atoms with Crippen molar-refractivity contribution in [3.8, 4) is 0 Å². The zero-order chi connectivity index (χ0) is 9.42. The number of nitrogens with zero attached hydrogens (tertiary/aromatic N) is 1. The SMILES string of the molecule is Fc1cnc(F)c(F)c1C1CNC1. The number of hydrogen-bond acceptors (Lipinski definition) is 2. The summed E-state index contributed by atoms with van der Waals surface area (Å²) in [5, 5.41) is 2.86. The summed E-state index contributed by atoms with van der Waals surface area (Å²) in [5.41, 5.74) is -0.189. The molecular weight excluding hydrogens is 181 g/mol. The summed E-state index contributed by atoms with van der Waals surface area (Å²) in [6.07, 6.45) is 0.714. The van der Waals surface area contributed by atoms with Gasteiger partial charge in [-0.3, -0.25) is 0 Å². The van der Waals surface area contributed by atoms with Gasteiger partial charge in [-0.15, -0.1) is 0 Å². The topological polar surface area (TPSA) is 24.9 Å². The number of aromatic nitrogens is 1. The van der Waals surface area contributed by atoms with Crippen molar-refractivity contribution in [1.29, 1.82) is 0 Å². The van der Waals surface area contributed by atoms with E-state index in [-0.39, 0.29) is 11.5 Å². The molecule has 2 rings (SSSR count). The molecule has 13 heavy (non-hydrogen) atoms. The third-order valence-electron chi connectivity index (χ3n) is 2.16. The number of hydrogen-bond donors (Lipinski definition) is 1. The monoisotopic (exact) mass is 188 g/mol. The minimum Gasteiger partial charge on any atom is -0.315 e. The van der Waals surface area contributed by atoms with E-state index in [9.17, 15) is 13.2 Å². The molecule has 70 valence electrons. The molecule has 0 amide bonds. The maximum absolute atomic E-state index is 13.0. The second-order valence-corrected chi connectivity index (χ2v) is 2.98. The fourth-order valence-electron chi connectivity index (χ4n) is 1.32. The van der Waals surface area contributed by atoms with Crippen LogP contribution < -0.4 is 5.32 Å². The Kier molecular flexibility index (Phi) is 1.95. The highest BCUT2D eigenvalue weighted by atomic mass is 19.2. The Labute approximate surface area is 72.8 Å². The van der Waals surface area contributed by atoms with Crippen molar-refractivity contribution in [3.05, 3.63) is 29.3 Å². The van der Waals surface area contributed by atoms with E-state index >= 15 is 0 Å². The molecule has 0 radical (unpaired) electrons. The smallest absolute Gasteiger partial charge is 0.249 e. The van der Waals surface area contributed by atoms with E-state index in [1.807, 2.05) is 0 Å². The van der Waals surface area contributed by atoms with Gasteiger partial charge < -0.3 is 5.32 Å². The summed E-state index contributed by atoms with van der Waals surface area (Å²) in [5.74, 6) is -3.43. The van der Waals surface area contributed by atoms with Crippen molar-refractivity contribution in [2.75, 3.05) is 13.1 Å². The molecule has 2 heterocycles. The van der Waals surface area contributed by atoms with E-state index in [0.717, 1.165) is 0 Å². The van der Waals surface area contributed by atoms with Gasteiger partial charge in [-0.25, -0.2) is 13.8 Å². The highest BCUT2D eigenvalue weighted by Gasteiger charge is 2.27. The molecule has 0 aromatic carbocycles. The lowest BCUT2D eigenvalue weighted by molar-refractivity contribution is 0.387. The summed E-state index contributed by atoms with van der Waals surface area (Å²) < 4.78 is 38.6. The lowest BCUT2D eigenvalue weighted by Gasteiger charge is -2.27. The Morgan fingerprint density at radius 3 is 2.54 bits per heavy atom. The van der Waals surface area contributed by atoms with Gasteiger partial charge in [0.25, 0.3) is 0 Å². The van der Waals surface area contributed by atoms with Crippen molar-refractivity contribution >= 4 is 0 Å². The Balaban J connectivity index is 2.46. The number of halogens is 3. The third kappa shape index (κ3) is 1.29. The zero-order valence-corrected chi connectivity index (χ0v) is 6.65. The minimum absolute atomic E-state index is 0.189. The van der Waals surface area contributed by atoms with Gasteiger partial charge in [0.05, 0.1) is 6.20 Å². The van der Waals surface area contributed by atoms with Gasteiger partial charge in [-0.2, -0.15) is 4.39 Å². The summed E-state index contributed by atoms with van der Waals surface area (Å²) in [4.78, 5) is 2.94.